The number of aromatic nitrogens is 1. The van der Waals surface area contributed by atoms with Crippen LogP contribution in [0.5, 0.6) is 11.5 Å². The lowest BCUT2D eigenvalue weighted by atomic mass is 10.2. The molecule has 2 heterocycles. The second-order valence-corrected chi connectivity index (χ2v) is 8.28. The maximum atomic E-state index is 13.3. The highest BCUT2D eigenvalue weighted by atomic mass is 32.1. The summed E-state index contributed by atoms with van der Waals surface area (Å²) >= 11 is 1.53. The van der Waals surface area contributed by atoms with Crippen LogP contribution in [0.15, 0.2) is 72.8 Å². The molecule has 154 valence electrons. The van der Waals surface area contributed by atoms with E-state index in [1.807, 2.05) is 73.7 Å². The zero-order valence-corrected chi connectivity index (χ0v) is 17.8. The van der Waals surface area contributed by atoms with Gasteiger partial charge in [-0.3, -0.25) is 9.69 Å². The topological polar surface area (TPSA) is 51.7 Å². The number of para-hydroxylation sites is 1. The smallest absolute Gasteiger partial charge is 0.253 e. The predicted molar refractivity (Wildman–Crippen MR) is 124 cm³/mol. The Hall–Kier alpha value is -3.64. The van der Waals surface area contributed by atoms with Crippen LogP contribution in [0.2, 0.25) is 0 Å². The molecule has 0 aliphatic carbocycles. The van der Waals surface area contributed by atoms with Crippen molar-refractivity contribution >= 4 is 38.7 Å². The first kappa shape index (κ1) is 19.3. The van der Waals surface area contributed by atoms with Crippen LogP contribution in [0.3, 0.4) is 0 Å². The molecule has 5 nitrogen and oxygen atoms in total. The van der Waals surface area contributed by atoms with Gasteiger partial charge in [0.2, 0.25) is 6.79 Å². The number of amides is 1. The van der Waals surface area contributed by atoms with Crippen LogP contribution in [0.1, 0.15) is 16.7 Å². The number of benzene rings is 3. The van der Waals surface area contributed by atoms with Gasteiger partial charge in [0.25, 0.3) is 5.91 Å². The molecule has 5 rings (SSSR count). The number of nitrogens with zero attached hydrogens (tertiary/aromatic N) is 2. The van der Waals surface area contributed by atoms with Crippen LogP contribution in [0.25, 0.3) is 16.3 Å². The van der Waals surface area contributed by atoms with Crippen molar-refractivity contribution < 1.29 is 14.3 Å². The molecule has 0 radical (unpaired) electrons. The third-order valence-corrected chi connectivity index (χ3v) is 6.15. The maximum absolute atomic E-state index is 13.3. The monoisotopic (exact) mass is 428 g/mol. The van der Waals surface area contributed by atoms with Gasteiger partial charge in [0.15, 0.2) is 16.6 Å². The molecule has 6 heteroatoms. The summed E-state index contributed by atoms with van der Waals surface area (Å²) in [6.45, 7) is 2.71. The lowest BCUT2D eigenvalue weighted by Crippen LogP contribution is -2.28. The Bertz CT molecular complexity index is 1280. The standard InChI is InChI=1S/C25H20N2O3S/c1-17-6-5-9-22-24(17)26-25(31-22)27(15-19-7-3-2-4-8-19)23(28)13-11-18-10-12-20-21(14-18)30-16-29-20/h2-14H,15-16H2,1H3/b13-11+. The minimum absolute atomic E-state index is 0.127. The number of aryl methyl sites for hydroxylation is 1. The predicted octanol–water partition coefficient (Wildman–Crippen LogP) is 5.58. The Kier molecular flexibility index (Phi) is 5.14. The summed E-state index contributed by atoms with van der Waals surface area (Å²) in [4.78, 5) is 19.8. The normalized spacial score (nSPS) is 12.5. The summed E-state index contributed by atoms with van der Waals surface area (Å²) in [5, 5.41) is 0.688. The highest BCUT2D eigenvalue weighted by molar-refractivity contribution is 7.22. The molecule has 31 heavy (non-hydrogen) atoms. The molecule has 1 amide bonds. The van der Waals surface area contributed by atoms with Gasteiger partial charge in [0, 0.05) is 6.08 Å². The molecule has 3 aromatic carbocycles. The average Bonchev–Trinajstić information content (AvgIpc) is 3.44. The number of carbonyl (C=O) groups excluding carboxylic acids is 1. The minimum atomic E-state index is -0.127. The van der Waals surface area contributed by atoms with Crippen molar-refractivity contribution in [1.29, 1.82) is 0 Å². The van der Waals surface area contributed by atoms with Gasteiger partial charge in [0.05, 0.1) is 16.8 Å². The van der Waals surface area contributed by atoms with Crippen LogP contribution in [-0.2, 0) is 11.3 Å². The van der Waals surface area contributed by atoms with E-state index in [1.165, 1.54) is 11.3 Å². The molecule has 0 saturated carbocycles. The number of ether oxygens (including phenoxy) is 2. The zero-order valence-electron chi connectivity index (χ0n) is 16.9. The van der Waals surface area contributed by atoms with Gasteiger partial charge >= 0.3 is 0 Å². The van der Waals surface area contributed by atoms with Crippen molar-refractivity contribution in [2.75, 3.05) is 11.7 Å². The summed E-state index contributed by atoms with van der Waals surface area (Å²) in [6.07, 6.45) is 3.38. The van der Waals surface area contributed by atoms with E-state index in [4.69, 9.17) is 14.5 Å². The molecule has 1 aliphatic rings. The van der Waals surface area contributed by atoms with Gasteiger partial charge in [-0.2, -0.15) is 0 Å². The van der Waals surface area contributed by atoms with Crippen molar-refractivity contribution in [3.63, 3.8) is 0 Å². The van der Waals surface area contributed by atoms with Gasteiger partial charge < -0.3 is 9.47 Å². The average molecular weight is 429 g/mol. The van der Waals surface area contributed by atoms with Crippen molar-refractivity contribution in [1.82, 2.24) is 4.98 Å². The number of carbonyl (C=O) groups is 1. The van der Waals surface area contributed by atoms with Crippen LogP contribution in [-0.4, -0.2) is 17.7 Å². The highest BCUT2D eigenvalue weighted by Gasteiger charge is 2.19. The number of fused-ring (bicyclic) bond motifs is 2. The summed E-state index contributed by atoms with van der Waals surface area (Å²) in [6, 6.07) is 21.7. The quantitative estimate of drug-likeness (QED) is 0.390. The molecular formula is C25H20N2O3S. The van der Waals surface area contributed by atoms with E-state index < -0.39 is 0 Å². The van der Waals surface area contributed by atoms with E-state index in [1.54, 1.807) is 17.1 Å². The maximum Gasteiger partial charge on any atom is 0.253 e. The van der Waals surface area contributed by atoms with Crippen LogP contribution in [0, 0.1) is 6.92 Å². The third kappa shape index (κ3) is 4.02. The fraction of sp³-hybridized carbons (Fsp3) is 0.120. The van der Waals surface area contributed by atoms with Crippen molar-refractivity contribution in [2.45, 2.75) is 13.5 Å². The van der Waals surface area contributed by atoms with E-state index >= 15 is 0 Å². The molecular weight excluding hydrogens is 408 g/mol. The number of rotatable bonds is 5. The fourth-order valence-corrected chi connectivity index (χ4v) is 4.52. The first-order valence-electron chi connectivity index (χ1n) is 9.97. The zero-order chi connectivity index (χ0) is 21.2. The SMILES string of the molecule is Cc1cccc2sc(N(Cc3ccccc3)C(=O)/C=C/c3ccc4c(c3)OCO4)nc12. The van der Waals surface area contributed by atoms with Crippen molar-refractivity contribution in [3.8, 4) is 11.5 Å². The number of thiazole rings is 1. The van der Waals surface area contributed by atoms with E-state index in [9.17, 15) is 4.79 Å². The number of anilines is 1. The molecule has 1 aliphatic heterocycles. The molecule has 0 bridgehead atoms. The van der Waals surface area contributed by atoms with E-state index in [0.29, 0.717) is 17.4 Å². The fourth-order valence-electron chi connectivity index (χ4n) is 3.47. The molecule has 0 unspecified atom stereocenters. The Morgan fingerprint density at radius 1 is 1.06 bits per heavy atom. The Morgan fingerprint density at radius 2 is 1.90 bits per heavy atom. The van der Waals surface area contributed by atoms with Crippen molar-refractivity contribution in [2.24, 2.45) is 0 Å². The van der Waals surface area contributed by atoms with Crippen LogP contribution < -0.4 is 14.4 Å². The van der Waals surface area contributed by atoms with Gasteiger partial charge in [-0.25, -0.2) is 4.98 Å². The summed E-state index contributed by atoms with van der Waals surface area (Å²) in [7, 11) is 0. The summed E-state index contributed by atoms with van der Waals surface area (Å²) in [5.74, 6) is 1.29. The Balaban J connectivity index is 1.47. The van der Waals surface area contributed by atoms with E-state index in [-0.39, 0.29) is 12.7 Å². The first-order chi connectivity index (χ1) is 15.2. The molecule has 1 aromatic heterocycles. The van der Waals surface area contributed by atoms with E-state index in [2.05, 4.69) is 0 Å². The highest BCUT2D eigenvalue weighted by Crippen LogP contribution is 2.34. The third-order valence-electron chi connectivity index (χ3n) is 5.10. The van der Waals surface area contributed by atoms with Gasteiger partial charge in [-0.1, -0.05) is 59.9 Å². The Morgan fingerprint density at radius 3 is 2.74 bits per heavy atom. The molecule has 0 N–H and O–H groups in total. The molecule has 0 spiro atoms. The second-order valence-electron chi connectivity index (χ2n) is 7.27. The largest absolute Gasteiger partial charge is 0.454 e. The molecule has 0 saturated heterocycles. The first-order valence-corrected chi connectivity index (χ1v) is 10.8. The summed E-state index contributed by atoms with van der Waals surface area (Å²) in [5.41, 5.74) is 3.96. The van der Waals surface area contributed by atoms with Gasteiger partial charge in [-0.15, -0.1) is 0 Å². The Labute approximate surface area is 184 Å². The molecule has 0 fully saturated rings. The van der Waals surface area contributed by atoms with Crippen LogP contribution >= 0.6 is 11.3 Å². The lowest BCUT2D eigenvalue weighted by Gasteiger charge is -2.18. The number of hydrogen-bond donors (Lipinski definition) is 0. The lowest BCUT2D eigenvalue weighted by molar-refractivity contribution is -0.114. The van der Waals surface area contributed by atoms with Crippen molar-refractivity contribution in [3.05, 3.63) is 89.5 Å². The molecule has 0 atom stereocenters. The van der Waals surface area contributed by atoms with Crippen LogP contribution in [0.4, 0.5) is 5.13 Å². The number of hydrogen-bond acceptors (Lipinski definition) is 5. The minimum Gasteiger partial charge on any atom is -0.454 e. The van der Waals surface area contributed by atoms with E-state index in [0.717, 1.165) is 32.7 Å². The summed E-state index contributed by atoms with van der Waals surface area (Å²) < 4.78 is 11.8. The second kappa shape index (κ2) is 8.24. The molecule has 4 aromatic rings. The van der Waals surface area contributed by atoms with Gasteiger partial charge in [0.1, 0.15) is 0 Å². The van der Waals surface area contributed by atoms with Gasteiger partial charge in [-0.05, 0) is 47.9 Å².